The Morgan fingerprint density at radius 3 is 2.38 bits per heavy atom. The van der Waals surface area contributed by atoms with Crippen LogP contribution < -0.4 is 5.32 Å². The molecule has 7 atom stereocenters. The fraction of sp³-hybridized carbons (Fsp3) is 0.611. The SMILES string of the molecule is Cc1cc(NC(=O)COC(=O)[C@H](C)N2C(=O)[C@@H]3[C@H]4C[C@@H]([C@H](Br)[C@@H]4Br)[C@@H]3C2=O)no1. The van der Waals surface area contributed by atoms with E-state index in [1.165, 1.54) is 13.0 Å². The fourth-order valence-corrected chi connectivity index (χ4v) is 6.59. The summed E-state index contributed by atoms with van der Waals surface area (Å²) < 4.78 is 9.85. The lowest BCUT2D eigenvalue weighted by atomic mass is 9.81. The first-order valence-electron chi connectivity index (χ1n) is 9.25. The minimum atomic E-state index is -1.09. The Morgan fingerprint density at radius 1 is 1.28 bits per heavy atom. The minimum absolute atomic E-state index is 0.0655. The van der Waals surface area contributed by atoms with E-state index in [1.807, 2.05) is 0 Å². The van der Waals surface area contributed by atoms with E-state index in [2.05, 4.69) is 42.3 Å². The average Bonchev–Trinajstić information content (AvgIpc) is 3.39. The van der Waals surface area contributed by atoms with Gasteiger partial charge in [-0.05, 0) is 32.1 Å². The van der Waals surface area contributed by atoms with Crippen molar-refractivity contribution in [2.24, 2.45) is 23.7 Å². The maximum absolute atomic E-state index is 12.9. The van der Waals surface area contributed by atoms with Gasteiger partial charge < -0.3 is 14.6 Å². The number of imide groups is 1. The van der Waals surface area contributed by atoms with Gasteiger partial charge in [0.05, 0.1) is 11.8 Å². The van der Waals surface area contributed by atoms with E-state index in [-0.39, 0.29) is 39.1 Å². The lowest BCUT2D eigenvalue weighted by molar-refractivity contribution is -0.159. The number of esters is 1. The summed E-state index contributed by atoms with van der Waals surface area (Å²) in [4.78, 5) is 51.4. The number of ether oxygens (including phenoxy) is 1. The Balaban J connectivity index is 1.37. The number of halogens is 2. The molecule has 11 heteroatoms. The summed E-state index contributed by atoms with van der Waals surface area (Å²) in [6, 6.07) is 0.426. The van der Waals surface area contributed by atoms with Crippen molar-refractivity contribution in [2.75, 3.05) is 11.9 Å². The zero-order chi connectivity index (χ0) is 21.0. The normalized spacial score (nSPS) is 33.7. The Hall–Kier alpha value is -1.75. The highest BCUT2D eigenvalue weighted by Gasteiger charge is 2.67. The topological polar surface area (TPSA) is 119 Å². The number of aromatic nitrogens is 1. The third-order valence-electron chi connectivity index (χ3n) is 5.99. The van der Waals surface area contributed by atoms with Crippen LogP contribution in [0.5, 0.6) is 0 Å². The first-order chi connectivity index (χ1) is 13.7. The Labute approximate surface area is 183 Å². The molecule has 1 aromatic heterocycles. The van der Waals surface area contributed by atoms with E-state index in [0.29, 0.717) is 5.76 Å². The molecule has 0 aromatic carbocycles. The van der Waals surface area contributed by atoms with Crippen LogP contribution in [0.1, 0.15) is 19.1 Å². The van der Waals surface area contributed by atoms with Crippen molar-refractivity contribution in [1.82, 2.24) is 10.1 Å². The summed E-state index contributed by atoms with van der Waals surface area (Å²) in [6.07, 6.45) is 0.813. The van der Waals surface area contributed by atoms with E-state index in [0.717, 1.165) is 11.3 Å². The van der Waals surface area contributed by atoms with Crippen LogP contribution in [0.2, 0.25) is 0 Å². The van der Waals surface area contributed by atoms with Gasteiger partial charge in [-0.1, -0.05) is 37.0 Å². The molecule has 3 aliphatic rings. The van der Waals surface area contributed by atoms with Gasteiger partial charge in [0.15, 0.2) is 12.4 Å². The molecule has 2 heterocycles. The number of hydrogen-bond donors (Lipinski definition) is 1. The molecule has 3 fully saturated rings. The van der Waals surface area contributed by atoms with Crippen molar-refractivity contribution in [1.29, 1.82) is 0 Å². The summed E-state index contributed by atoms with van der Waals surface area (Å²) >= 11 is 7.25. The molecule has 2 saturated carbocycles. The number of aryl methyl sites for hydroxylation is 1. The van der Waals surface area contributed by atoms with Crippen molar-refractivity contribution in [3.63, 3.8) is 0 Å². The third-order valence-corrected chi connectivity index (χ3v) is 9.20. The molecule has 0 unspecified atom stereocenters. The van der Waals surface area contributed by atoms with Crippen LogP contribution in [0.4, 0.5) is 5.82 Å². The number of nitrogens with zero attached hydrogens (tertiary/aromatic N) is 2. The van der Waals surface area contributed by atoms with E-state index < -0.39 is 36.4 Å². The zero-order valence-corrected chi connectivity index (χ0v) is 18.8. The van der Waals surface area contributed by atoms with Crippen LogP contribution in [-0.4, -0.2) is 56.1 Å². The van der Waals surface area contributed by atoms with E-state index in [9.17, 15) is 19.2 Å². The molecule has 0 radical (unpaired) electrons. The quantitative estimate of drug-likeness (QED) is 0.348. The van der Waals surface area contributed by atoms with Crippen LogP contribution in [0.15, 0.2) is 10.6 Å². The van der Waals surface area contributed by atoms with Crippen molar-refractivity contribution in [3.05, 3.63) is 11.8 Å². The van der Waals surface area contributed by atoms with Gasteiger partial charge in [-0.15, -0.1) is 0 Å². The number of rotatable bonds is 5. The number of anilines is 1. The van der Waals surface area contributed by atoms with Gasteiger partial charge in [-0.25, -0.2) is 4.79 Å². The predicted molar refractivity (Wildman–Crippen MR) is 106 cm³/mol. The Morgan fingerprint density at radius 2 is 1.86 bits per heavy atom. The highest BCUT2D eigenvalue weighted by molar-refractivity contribution is 9.12. The van der Waals surface area contributed by atoms with Crippen molar-refractivity contribution < 1.29 is 28.4 Å². The summed E-state index contributed by atoms with van der Waals surface area (Å²) in [5, 5.41) is 6.04. The first-order valence-corrected chi connectivity index (χ1v) is 11.1. The van der Waals surface area contributed by atoms with Gasteiger partial charge in [0.2, 0.25) is 11.8 Å². The number of fused-ring (bicyclic) bond motifs is 5. The highest BCUT2D eigenvalue weighted by Crippen LogP contribution is 2.60. The molecular weight excluding hydrogens is 514 g/mol. The molecule has 9 nitrogen and oxygen atoms in total. The number of nitrogens with one attached hydrogen (secondary N) is 1. The molecule has 1 aliphatic heterocycles. The molecule has 156 valence electrons. The highest BCUT2D eigenvalue weighted by atomic mass is 79.9. The monoisotopic (exact) mass is 531 g/mol. The zero-order valence-electron chi connectivity index (χ0n) is 15.6. The lowest BCUT2D eigenvalue weighted by Crippen LogP contribution is -2.45. The Bertz CT molecular complexity index is 857. The van der Waals surface area contributed by atoms with E-state index in [1.54, 1.807) is 6.92 Å². The fourth-order valence-electron chi connectivity index (χ4n) is 4.72. The largest absolute Gasteiger partial charge is 0.454 e. The second kappa shape index (κ2) is 7.50. The van der Waals surface area contributed by atoms with Crippen LogP contribution in [0.25, 0.3) is 0 Å². The third kappa shape index (κ3) is 3.31. The van der Waals surface area contributed by atoms with Crippen molar-refractivity contribution >= 4 is 61.4 Å². The molecule has 1 N–H and O–H groups in total. The van der Waals surface area contributed by atoms with Gasteiger partial charge in [0.25, 0.3) is 5.91 Å². The molecule has 2 bridgehead atoms. The molecule has 1 aromatic rings. The van der Waals surface area contributed by atoms with E-state index >= 15 is 0 Å². The minimum Gasteiger partial charge on any atom is -0.454 e. The number of alkyl halides is 2. The first kappa shape index (κ1) is 20.5. The van der Waals surface area contributed by atoms with Gasteiger partial charge in [0, 0.05) is 15.7 Å². The lowest BCUT2D eigenvalue weighted by Gasteiger charge is -2.28. The van der Waals surface area contributed by atoms with Crippen molar-refractivity contribution in [3.8, 4) is 0 Å². The summed E-state index contributed by atoms with van der Waals surface area (Å²) in [5.41, 5.74) is 0. The summed E-state index contributed by atoms with van der Waals surface area (Å²) in [6.45, 7) is 2.55. The van der Waals surface area contributed by atoms with Gasteiger partial charge in [-0.2, -0.15) is 0 Å². The van der Waals surface area contributed by atoms with Crippen molar-refractivity contribution in [2.45, 2.75) is 36.0 Å². The molecule has 0 spiro atoms. The average molecular weight is 533 g/mol. The van der Waals surface area contributed by atoms with Crippen LogP contribution in [0, 0.1) is 30.6 Å². The molecule has 2 aliphatic carbocycles. The van der Waals surface area contributed by atoms with Crippen LogP contribution >= 0.6 is 31.9 Å². The number of carbonyl (C=O) groups excluding carboxylic acids is 4. The van der Waals surface area contributed by atoms with Gasteiger partial charge in [0.1, 0.15) is 11.8 Å². The molecule has 4 rings (SSSR count). The van der Waals surface area contributed by atoms with Crippen LogP contribution in [-0.2, 0) is 23.9 Å². The molecule has 3 amide bonds. The molecular formula is C18H19Br2N3O6. The Kier molecular flexibility index (Phi) is 5.30. The van der Waals surface area contributed by atoms with E-state index in [4.69, 9.17) is 9.26 Å². The van der Waals surface area contributed by atoms with Gasteiger partial charge in [-0.3, -0.25) is 19.3 Å². The van der Waals surface area contributed by atoms with Crippen LogP contribution in [0.3, 0.4) is 0 Å². The summed E-state index contributed by atoms with van der Waals surface area (Å²) in [7, 11) is 0. The maximum Gasteiger partial charge on any atom is 0.329 e. The van der Waals surface area contributed by atoms with Gasteiger partial charge >= 0.3 is 5.97 Å². The smallest absolute Gasteiger partial charge is 0.329 e. The second-order valence-electron chi connectivity index (χ2n) is 7.70. The number of amides is 3. The number of hydrogen-bond acceptors (Lipinski definition) is 7. The molecule has 29 heavy (non-hydrogen) atoms. The predicted octanol–water partition coefficient (Wildman–Crippen LogP) is 1.63. The second-order valence-corrected chi connectivity index (χ2v) is 9.82. The summed E-state index contributed by atoms with van der Waals surface area (Å²) in [5.74, 6) is -2.02. The number of carbonyl (C=O) groups is 4. The maximum atomic E-state index is 12.9. The number of likely N-dealkylation sites (tertiary alicyclic amines) is 1. The molecule has 1 saturated heterocycles. The standard InChI is InChI=1S/C18H19Br2N3O6/c1-6-3-10(22-29-6)21-11(24)5-28-18(27)7(2)23-16(25)12-8-4-9(13(12)17(23)26)15(20)14(8)19/h3,7-9,12-15H,4-5H2,1-2H3,(H,21,22,24)/t7-,8+,9+,12-,13+,14-,15+/m0/s1.